The van der Waals surface area contributed by atoms with Gasteiger partial charge in [0.1, 0.15) is 0 Å². The second-order valence-electron chi connectivity index (χ2n) is 7.88. The fraction of sp³-hybridized carbons (Fsp3) is 0.773. The van der Waals surface area contributed by atoms with Crippen LogP contribution in [0.15, 0.2) is 24.3 Å². The highest BCUT2D eigenvalue weighted by Crippen LogP contribution is 2.42. The Hall–Kier alpha value is -1.13. The van der Waals surface area contributed by atoms with E-state index in [4.69, 9.17) is 9.84 Å². The fourth-order valence-corrected chi connectivity index (χ4v) is 4.24. The molecule has 4 heteroatoms. The van der Waals surface area contributed by atoms with Crippen LogP contribution in [0.2, 0.25) is 0 Å². The molecule has 2 N–H and O–H groups in total. The van der Waals surface area contributed by atoms with Crippen LogP contribution < -0.4 is 0 Å². The van der Waals surface area contributed by atoms with E-state index in [1.165, 1.54) is 12.8 Å². The van der Waals surface area contributed by atoms with Crippen LogP contribution in [0.25, 0.3) is 0 Å². The van der Waals surface area contributed by atoms with Gasteiger partial charge in [-0.05, 0) is 56.8 Å². The molecule has 0 amide bonds. The maximum atomic E-state index is 10.5. The van der Waals surface area contributed by atoms with Gasteiger partial charge in [-0.25, -0.2) is 0 Å². The van der Waals surface area contributed by atoms with Crippen molar-refractivity contribution in [2.45, 2.75) is 95.9 Å². The molecule has 4 nitrogen and oxygen atoms in total. The van der Waals surface area contributed by atoms with Gasteiger partial charge in [-0.1, -0.05) is 50.5 Å². The summed E-state index contributed by atoms with van der Waals surface area (Å²) in [6.45, 7) is 2.18. The summed E-state index contributed by atoms with van der Waals surface area (Å²) in [6.07, 6.45) is 19.4. The van der Waals surface area contributed by atoms with Crippen LogP contribution in [0.1, 0.15) is 77.6 Å². The van der Waals surface area contributed by atoms with Crippen molar-refractivity contribution in [1.29, 1.82) is 0 Å². The highest BCUT2D eigenvalue weighted by atomic mass is 16.5. The number of allylic oxidation sites excluding steroid dienone is 3. The van der Waals surface area contributed by atoms with Crippen molar-refractivity contribution < 1.29 is 19.7 Å². The number of unbranched alkanes of at least 4 members (excludes halogenated alkanes) is 3. The van der Waals surface area contributed by atoms with E-state index in [0.717, 1.165) is 44.9 Å². The Balaban J connectivity index is 1.82. The molecule has 148 valence electrons. The molecule has 5 atom stereocenters. The summed E-state index contributed by atoms with van der Waals surface area (Å²) in [5.74, 6) is 0.230. The molecule has 2 aliphatic heterocycles. The van der Waals surface area contributed by atoms with E-state index in [2.05, 4.69) is 25.2 Å². The lowest BCUT2D eigenvalue weighted by Crippen LogP contribution is -2.34. The van der Waals surface area contributed by atoms with Gasteiger partial charge in [0.15, 0.2) is 0 Å². The smallest absolute Gasteiger partial charge is 0.303 e. The van der Waals surface area contributed by atoms with Gasteiger partial charge in [-0.3, -0.25) is 4.79 Å². The predicted molar refractivity (Wildman–Crippen MR) is 104 cm³/mol. The van der Waals surface area contributed by atoms with Crippen LogP contribution in [0.4, 0.5) is 0 Å². The van der Waals surface area contributed by atoms with Gasteiger partial charge < -0.3 is 14.9 Å². The van der Waals surface area contributed by atoms with E-state index in [0.29, 0.717) is 30.5 Å². The van der Waals surface area contributed by atoms with Gasteiger partial charge >= 0.3 is 5.97 Å². The minimum absolute atomic E-state index is 0.239. The Morgan fingerprint density at radius 3 is 2.85 bits per heavy atom. The van der Waals surface area contributed by atoms with E-state index in [1.54, 1.807) is 0 Å². The molecule has 0 aliphatic carbocycles. The second kappa shape index (κ2) is 11.6. The zero-order chi connectivity index (χ0) is 18.8. The van der Waals surface area contributed by atoms with E-state index in [9.17, 15) is 9.90 Å². The molecule has 2 aliphatic rings. The number of carboxylic acids is 1. The maximum absolute atomic E-state index is 10.5. The normalized spacial score (nSPS) is 29.6. The first-order chi connectivity index (χ1) is 12.6. The Morgan fingerprint density at radius 2 is 2.08 bits per heavy atom. The average Bonchev–Trinajstić information content (AvgIpc) is 3.00. The molecule has 2 saturated heterocycles. The van der Waals surface area contributed by atoms with Crippen LogP contribution >= 0.6 is 0 Å². The molecule has 0 radical (unpaired) electrons. The summed E-state index contributed by atoms with van der Waals surface area (Å²) < 4.78 is 6.13. The quantitative estimate of drug-likeness (QED) is 0.383. The van der Waals surface area contributed by atoms with Crippen LogP contribution in [-0.4, -0.2) is 34.5 Å². The molecule has 0 aromatic heterocycles. The van der Waals surface area contributed by atoms with Gasteiger partial charge in [0.05, 0.1) is 18.3 Å². The molecule has 2 rings (SSSR count). The number of aliphatic hydroxyl groups is 1. The Bertz CT molecular complexity index is 471. The number of hydrogen-bond acceptors (Lipinski definition) is 3. The lowest BCUT2D eigenvalue weighted by atomic mass is 9.81. The largest absolute Gasteiger partial charge is 0.481 e. The number of hydrogen-bond donors (Lipinski definition) is 2. The molecular weight excluding hydrogens is 328 g/mol. The zero-order valence-electron chi connectivity index (χ0n) is 16.2. The van der Waals surface area contributed by atoms with Crippen molar-refractivity contribution in [2.75, 3.05) is 0 Å². The average molecular weight is 365 g/mol. The van der Waals surface area contributed by atoms with Crippen molar-refractivity contribution in [3.05, 3.63) is 24.3 Å². The number of aliphatic hydroxyl groups excluding tert-OH is 1. The number of carbonyl (C=O) groups is 1. The molecule has 2 heterocycles. The minimum Gasteiger partial charge on any atom is -0.481 e. The summed E-state index contributed by atoms with van der Waals surface area (Å²) in [4.78, 5) is 10.5. The topological polar surface area (TPSA) is 66.8 Å². The summed E-state index contributed by atoms with van der Waals surface area (Å²) in [7, 11) is 0. The summed E-state index contributed by atoms with van der Waals surface area (Å²) >= 11 is 0. The Morgan fingerprint density at radius 1 is 1.23 bits per heavy atom. The molecule has 26 heavy (non-hydrogen) atoms. The van der Waals surface area contributed by atoms with Gasteiger partial charge in [0.25, 0.3) is 0 Å². The van der Waals surface area contributed by atoms with E-state index < -0.39 is 5.97 Å². The summed E-state index contributed by atoms with van der Waals surface area (Å²) in [5, 5.41) is 18.9. The van der Waals surface area contributed by atoms with Gasteiger partial charge in [0, 0.05) is 6.42 Å². The standard InChI is InChI=1S/C22H36O4/c1-2-3-6-9-18(23)13-12-17-16-19-14-15-21(26-19)20(17)10-7-4-5-8-11-22(24)25/h4,7,12-13,17-21,23H,2-3,5-6,8-11,14-16H2,1H3,(H,24,25)/t17?,18?,19-,20-,21+/m1/s1. The first-order valence-corrected chi connectivity index (χ1v) is 10.5. The highest BCUT2D eigenvalue weighted by molar-refractivity contribution is 5.66. The molecule has 2 bridgehead atoms. The number of aliphatic carboxylic acids is 1. The predicted octanol–water partition coefficient (Wildman–Crippen LogP) is 4.87. The highest BCUT2D eigenvalue weighted by Gasteiger charge is 2.41. The Kier molecular flexibility index (Phi) is 9.41. The molecule has 0 spiro atoms. The fourth-order valence-electron chi connectivity index (χ4n) is 4.24. The van der Waals surface area contributed by atoms with Gasteiger partial charge in [-0.2, -0.15) is 0 Å². The van der Waals surface area contributed by atoms with E-state index in [-0.39, 0.29) is 12.5 Å². The molecule has 0 aromatic carbocycles. The van der Waals surface area contributed by atoms with Crippen LogP contribution in [0, 0.1) is 11.8 Å². The first kappa shape index (κ1) is 21.2. The minimum atomic E-state index is -0.723. The van der Waals surface area contributed by atoms with Crippen LogP contribution in [0.3, 0.4) is 0 Å². The number of fused-ring (bicyclic) bond motifs is 2. The Labute approximate surface area is 158 Å². The van der Waals surface area contributed by atoms with Crippen molar-refractivity contribution in [1.82, 2.24) is 0 Å². The van der Waals surface area contributed by atoms with Gasteiger partial charge in [-0.15, -0.1) is 0 Å². The van der Waals surface area contributed by atoms with Gasteiger partial charge in [0.2, 0.25) is 0 Å². The van der Waals surface area contributed by atoms with Crippen molar-refractivity contribution >= 4 is 5.97 Å². The third kappa shape index (κ3) is 7.24. The molecule has 2 unspecified atom stereocenters. The SMILES string of the molecule is CCCCCC(O)C=CC1C[C@H]2CC[C@H](O2)[C@@H]1CC=CCCCC(=O)O. The molecule has 0 aromatic rings. The monoisotopic (exact) mass is 364 g/mol. The van der Waals surface area contributed by atoms with Crippen molar-refractivity contribution in [2.24, 2.45) is 11.8 Å². The lowest BCUT2D eigenvalue weighted by molar-refractivity contribution is -0.137. The molecule has 2 fully saturated rings. The van der Waals surface area contributed by atoms with Crippen molar-refractivity contribution in [3.63, 3.8) is 0 Å². The van der Waals surface area contributed by atoms with Crippen LogP contribution in [-0.2, 0) is 9.53 Å². The third-order valence-corrected chi connectivity index (χ3v) is 5.72. The second-order valence-corrected chi connectivity index (χ2v) is 7.88. The zero-order valence-corrected chi connectivity index (χ0v) is 16.2. The number of ether oxygens (including phenoxy) is 1. The first-order valence-electron chi connectivity index (χ1n) is 10.5. The summed E-state index contributed by atoms with van der Waals surface area (Å²) in [5.41, 5.74) is 0. The van der Waals surface area contributed by atoms with E-state index in [1.807, 2.05) is 6.08 Å². The number of rotatable bonds is 12. The third-order valence-electron chi connectivity index (χ3n) is 5.72. The maximum Gasteiger partial charge on any atom is 0.303 e. The van der Waals surface area contributed by atoms with Crippen LogP contribution in [0.5, 0.6) is 0 Å². The van der Waals surface area contributed by atoms with E-state index >= 15 is 0 Å². The van der Waals surface area contributed by atoms with Crippen molar-refractivity contribution in [3.8, 4) is 0 Å². The molecular formula is C22H36O4. The molecule has 0 saturated carbocycles. The lowest BCUT2D eigenvalue weighted by Gasteiger charge is -2.35. The number of carboxylic acid groups (broad SMARTS) is 1. The summed E-state index contributed by atoms with van der Waals surface area (Å²) in [6, 6.07) is 0.